The fourth-order valence-electron chi connectivity index (χ4n) is 2.81. The molecule has 1 aromatic carbocycles. The van der Waals surface area contributed by atoms with Crippen LogP contribution in [0.2, 0.25) is 0 Å². The normalized spacial score (nSPS) is 11.2. The van der Waals surface area contributed by atoms with Gasteiger partial charge in [0.25, 0.3) is 0 Å². The largest absolute Gasteiger partial charge is 0.193 e. The summed E-state index contributed by atoms with van der Waals surface area (Å²) in [6.07, 6.45) is 13.4. The third kappa shape index (κ3) is 5.64. The van der Waals surface area contributed by atoms with Gasteiger partial charge >= 0.3 is 0 Å². The zero-order valence-electron chi connectivity index (χ0n) is 14.2. The molecular weight excluding hydrogens is 286 g/mol. The first kappa shape index (κ1) is 17.3. The molecule has 120 valence electrons. The standard InChI is InChI=1S/C20H30NS/c1-3-4-5-6-7-8-9-12-15-22-21-17-20-14-11-10-13-19(20)16-18(21)2/h10-11,13-14,16-17H,3-9,12,15H2,1-2H3/q+1. The van der Waals surface area contributed by atoms with Crippen LogP contribution in [0.4, 0.5) is 0 Å². The Morgan fingerprint density at radius 3 is 2.23 bits per heavy atom. The lowest BCUT2D eigenvalue weighted by Crippen LogP contribution is -2.29. The van der Waals surface area contributed by atoms with Crippen molar-refractivity contribution in [2.24, 2.45) is 0 Å². The van der Waals surface area contributed by atoms with Crippen LogP contribution in [0.5, 0.6) is 0 Å². The lowest BCUT2D eigenvalue weighted by atomic mass is 10.1. The average molecular weight is 317 g/mol. The number of aryl methyl sites for hydroxylation is 1. The van der Waals surface area contributed by atoms with Gasteiger partial charge < -0.3 is 0 Å². The highest BCUT2D eigenvalue weighted by Gasteiger charge is 2.10. The summed E-state index contributed by atoms with van der Waals surface area (Å²) in [6, 6.07) is 10.9. The molecule has 1 heterocycles. The Bertz CT molecular complexity index is 565. The highest BCUT2D eigenvalue weighted by molar-refractivity contribution is 7.92. The Balaban J connectivity index is 1.68. The number of pyridine rings is 1. The van der Waals surface area contributed by atoms with Gasteiger partial charge in [-0.15, -0.1) is 3.97 Å². The molecule has 0 unspecified atom stereocenters. The number of hydrogen-bond donors (Lipinski definition) is 0. The highest BCUT2D eigenvalue weighted by atomic mass is 32.2. The fourth-order valence-corrected chi connectivity index (χ4v) is 3.79. The summed E-state index contributed by atoms with van der Waals surface area (Å²) in [4.78, 5) is 0. The van der Waals surface area contributed by atoms with Gasteiger partial charge in [-0.25, -0.2) is 0 Å². The van der Waals surface area contributed by atoms with Crippen molar-refractivity contribution in [3.63, 3.8) is 0 Å². The molecule has 0 radical (unpaired) electrons. The van der Waals surface area contributed by atoms with E-state index in [1.54, 1.807) is 0 Å². The van der Waals surface area contributed by atoms with Gasteiger partial charge in [0.15, 0.2) is 23.8 Å². The van der Waals surface area contributed by atoms with Crippen LogP contribution >= 0.6 is 11.9 Å². The number of unbranched alkanes of at least 4 members (excludes halogenated alkanes) is 7. The first-order valence-corrected chi connectivity index (χ1v) is 9.80. The third-order valence-corrected chi connectivity index (χ3v) is 5.34. The highest BCUT2D eigenvalue weighted by Crippen LogP contribution is 2.15. The Labute approximate surface area is 140 Å². The zero-order chi connectivity index (χ0) is 15.6. The van der Waals surface area contributed by atoms with Crippen LogP contribution in [0, 0.1) is 6.92 Å². The number of fused-ring (bicyclic) bond motifs is 1. The molecule has 0 bridgehead atoms. The molecule has 0 aliphatic carbocycles. The summed E-state index contributed by atoms with van der Waals surface area (Å²) >= 11 is 1.95. The van der Waals surface area contributed by atoms with Crippen molar-refractivity contribution in [2.75, 3.05) is 5.75 Å². The first-order chi connectivity index (χ1) is 10.8. The second kappa shape index (κ2) is 9.89. The van der Waals surface area contributed by atoms with E-state index in [9.17, 15) is 0 Å². The minimum absolute atomic E-state index is 1.22. The summed E-state index contributed by atoms with van der Waals surface area (Å²) in [5.74, 6) is 1.22. The SMILES string of the molecule is CCCCCCCCCCS[n+]1cc2ccccc2cc1C. The van der Waals surface area contributed by atoms with Gasteiger partial charge in [0.1, 0.15) is 0 Å². The van der Waals surface area contributed by atoms with E-state index < -0.39 is 0 Å². The Morgan fingerprint density at radius 1 is 0.864 bits per heavy atom. The number of hydrogen-bond acceptors (Lipinski definition) is 1. The molecule has 0 fully saturated rings. The van der Waals surface area contributed by atoms with Crippen molar-refractivity contribution >= 4 is 22.7 Å². The minimum Gasteiger partial charge on any atom is -0.131 e. The zero-order valence-corrected chi connectivity index (χ0v) is 15.0. The topological polar surface area (TPSA) is 3.88 Å². The molecule has 2 heteroatoms. The molecule has 0 aliphatic heterocycles. The summed E-state index contributed by atoms with van der Waals surface area (Å²) in [6.45, 7) is 4.48. The third-order valence-electron chi connectivity index (χ3n) is 4.19. The summed E-state index contributed by atoms with van der Waals surface area (Å²) in [5.41, 5.74) is 1.34. The second-order valence-electron chi connectivity index (χ2n) is 6.18. The minimum atomic E-state index is 1.22. The monoisotopic (exact) mass is 316 g/mol. The van der Waals surface area contributed by atoms with Gasteiger partial charge in [0.05, 0.1) is 5.75 Å². The molecule has 2 rings (SSSR count). The Kier molecular flexibility index (Phi) is 7.79. The molecule has 1 nitrogen and oxygen atoms in total. The molecule has 0 amide bonds. The van der Waals surface area contributed by atoms with E-state index in [0.717, 1.165) is 0 Å². The number of rotatable bonds is 10. The van der Waals surface area contributed by atoms with E-state index in [2.05, 4.69) is 54.3 Å². The van der Waals surface area contributed by atoms with Crippen LogP contribution < -0.4 is 3.97 Å². The molecule has 0 atom stereocenters. The summed E-state index contributed by atoms with van der Waals surface area (Å²) in [7, 11) is 0. The van der Waals surface area contributed by atoms with Crippen LogP contribution in [0.15, 0.2) is 36.5 Å². The van der Waals surface area contributed by atoms with Gasteiger partial charge in [0.2, 0.25) is 0 Å². The number of benzene rings is 1. The number of aromatic nitrogens is 1. The lowest BCUT2D eigenvalue weighted by Gasteiger charge is -2.02. The van der Waals surface area contributed by atoms with Gasteiger partial charge in [-0.1, -0.05) is 70.1 Å². The molecule has 1 aromatic heterocycles. The molecule has 0 N–H and O–H groups in total. The molecule has 22 heavy (non-hydrogen) atoms. The van der Waals surface area contributed by atoms with E-state index in [1.165, 1.54) is 73.6 Å². The van der Waals surface area contributed by atoms with Gasteiger partial charge in [-0.05, 0) is 17.9 Å². The van der Waals surface area contributed by atoms with E-state index in [0.29, 0.717) is 0 Å². The van der Waals surface area contributed by atoms with Crippen molar-refractivity contribution < 1.29 is 3.97 Å². The maximum absolute atomic E-state index is 2.34. The van der Waals surface area contributed by atoms with Gasteiger partial charge in [0, 0.05) is 18.4 Å². The van der Waals surface area contributed by atoms with E-state index in [1.807, 2.05) is 11.9 Å². The summed E-state index contributed by atoms with van der Waals surface area (Å²) < 4.78 is 2.34. The lowest BCUT2D eigenvalue weighted by molar-refractivity contribution is -0.500. The van der Waals surface area contributed by atoms with E-state index in [-0.39, 0.29) is 0 Å². The van der Waals surface area contributed by atoms with Crippen LogP contribution in [0.3, 0.4) is 0 Å². The quantitative estimate of drug-likeness (QED) is 0.380. The first-order valence-electron chi connectivity index (χ1n) is 8.85. The predicted molar refractivity (Wildman–Crippen MR) is 99.3 cm³/mol. The molecular formula is C20H30NS+. The summed E-state index contributed by atoms with van der Waals surface area (Å²) in [5, 5.41) is 2.67. The maximum Gasteiger partial charge on any atom is 0.193 e. The Morgan fingerprint density at radius 2 is 1.50 bits per heavy atom. The Hall–Kier alpha value is -1.02. The number of nitrogens with zero attached hydrogens (tertiary/aromatic N) is 1. The van der Waals surface area contributed by atoms with Crippen LogP contribution in [-0.4, -0.2) is 5.75 Å². The van der Waals surface area contributed by atoms with Gasteiger partial charge in [-0.3, -0.25) is 0 Å². The van der Waals surface area contributed by atoms with E-state index in [4.69, 9.17) is 0 Å². The van der Waals surface area contributed by atoms with Crippen molar-refractivity contribution in [3.8, 4) is 0 Å². The second-order valence-corrected chi connectivity index (χ2v) is 7.24. The van der Waals surface area contributed by atoms with Crippen LogP contribution in [0.1, 0.15) is 64.0 Å². The van der Waals surface area contributed by atoms with Crippen LogP contribution in [-0.2, 0) is 0 Å². The molecule has 0 spiro atoms. The maximum atomic E-state index is 2.34. The van der Waals surface area contributed by atoms with Crippen LogP contribution in [0.25, 0.3) is 10.8 Å². The van der Waals surface area contributed by atoms with Crippen molar-refractivity contribution in [2.45, 2.75) is 65.2 Å². The molecule has 0 saturated carbocycles. The van der Waals surface area contributed by atoms with E-state index >= 15 is 0 Å². The van der Waals surface area contributed by atoms with Crippen molar-refractivity contribution in [1.29, 1.82) is 0 Å². The van der Waals surface area contributed by atoms with Crippen molar-refractivity contribution in [1.82, 2.24) is 0 Å². The molecule has 2 aromatic rings. The molecule has 0 aliphatic rings. The fraction of sp³-hybridized carbons (Fsp3) is 0.550. The smallest absolute Gasteiger partial charge is 0.131 e. The average Bonchev–Trinajstić information content (AvgIpc) is 2.53. The van der Waals surface area contributed by atoms with Crippen molar-refractivity contribution in [3.05, 3.63) is 42.2 Å². The van der Waals surface area contributed by atoms with Gasteiger partial charge in [-0.2, -0.15) is 0 Å². The predicted octanol–water partition coefficient (Wildman–Crippen LogP) is 6.07. The molecule has 0 saturated heterocycles.